The van der Waals surface area contributed by atoms with Gasteiger partial charge in [0, 0.05) is 5.02 Å². The topological polar surface area (TPSA) is 0 Å². The maximum atomic E-state index is 5.97. The predicted molar refractivity (Wildman–Crippen MR) is 71.7 cm³/mol. The van der Waals surface area contributed by atoms with Gasteiger partial charge in [-0.1, -0.05) is 59.9 Å². The van der Waals surface area contributed by atoms with E-state index in [0.29, 0.717) is 0 Å². The molecule has 0 fully saturated rings. The molecule has 0 atom stereocenters. The average molecular weight is 227 g/mol. The van der Waals surface area contributed by atoms with E-state index in [9.17, 15) is 0 Å². The summed E-state index contributed by atoms with van der Waals surface area (Å²) in [4.78, 5) is 0. The fraction of sp³-hybridized carbons (Fsp3) is 0.143. The monoisotopic (exact) mass is 226 g/mol. The zero-order valence-corrected chi connectivity index (χ0v) is 9.96. The second kappa shape index (κ2) is 4.75. The Morgan fingerprint density at radius 3 is 2.19 bits per heavy atom. The first-order valence-electron chi connectivity index (χ1n) is 5.35. The van der Waals surface area contributed by atoms with Crippen molar-refractivity contribution in [3.8, 4) is 11.1 Å². The molecular weight excluding hydrogens is 214 g/mol. The van der Waals surface area contributed by atoms with Crippen LogP contribution in [0.2, 0.25) is 5.02 Å². The van der Waals surface area contributed by atoms with Crippen molar-refractivity contribution in [1.29, 1.82) is 0 Å². The van der Waals surface area contributed by atoms with Crippen LogP contribution in [0.25, 0.3) is 11.1 Å². The van der Waals surface area contributed by atoms with E-state index in [2.05, 4.69) is 19.1 Å². The summed E-state index contributed by atoms with van der Waals surface area (Å²) in [6, 6.07) is 14.0. The number of hydrogen-bond acceptors (Lipinski definition) is 0. The van der Waals surface area contributed by atoms with Crippen LogP contribution in [0.4, 0.5) is 0 Å². The Kier molecular flexibility index (Phi) is 3.35. The Hall–Kier alpha value is -1.21. The average Bonchev–Trinajstić information content (AvgIpc) is 2.30. The van der Waals surface area contributed by atoms with Crippen molar-refractivity contribution in [2.24, 2.45) is 0 Å². The van der Waals surface area contributed by atoms with Crippen molar-refractivity contribution in [2.75, 3.05) is 0 Å². The van der Waals surface area contributed by atoms with Gasteiger partial charge in [-0.3, -0.25) is 0 Å². The van der Waals surface area contributed by atoms with Gasteiger partial charge < -0.3 is 0 Å². The van der Waals surface area contributed by atoms with Crippen LogP contribution < -0.4 is 5.46 Å². The molecule has 0 saturated heterocycles. The molecule has 0 heterocycles. The first kappa shape index (κ1) is 11.3. The molecule has 0 bridgehead atoms. The third-order valence-electron chi connectivity index (χ3n) is 2.70. The van der Waals surface area contributed by atoms with E-state index >= 15 is 0 Å². The van der Waals surface area contributed by atoms with E-state index < -0.39 is 0 Å². The molecule has 2 aromatic rings. The van der Waals surface area contributed by atoms with E-state index in [0.717, 1.165) is 28.0 Å². The molecule has 2 radical (unpaired) electrons. The zero-order valence-electron chi connectivity index (χ0n) is 9.20. The standard InChI is InChI=1S/C14H12BCl/c1-2-10-3-4-12(9-14(10)15)11-5-7-13(16)8-6-11/h3-9H,2H2,1H3. The maximum absolute atomic E-state index is 5.97. The van der Waals surface area contributed by atoms with Crippen molar-refractivity contribution >= 4 is 24.9 Å². The Morgan fingerprint density at radius 1 is 1.00 bits per heavy atom. The van der Waals surface area contributed by atoms with Crippen molar-refractivity contribution < 1.29 is 0 Å². The normalized spacial score (nSPS) is 10.4. The van der Waals surface area contributed by atoms with Gasteiger partial charge in [0.1, 0.15) is 7.85 Å². The number of hydrogen-bond donors (Lipinski definition) is 0. The highest BCUT2D eigenvalue weighted by atomic mass is 35.5. The summed E-state index contributed by atoms with van der Waals surface area (Å²) in [5, 5.41) is 0.752. The third kappa shape index (κ3) is 2.30. The lowest BCUT2D eigenvalue weighted by molar-refractivity contribution is 1.15. The van der Waals surface area contributed by atoms with Crippen LogP contribution in [0.5, 0.6) is 0 Å². The van der Waals surface area contributed by atoms with Crippen LogP contribution in [-0.4, -0.2) is 7.85 Å². The summed E-state index contributed by atoms with van der Waals surface area (Å²) < 4.78 is 0. The molecule has 0 aromatic heterocycles. The molecule has 0 N–H and O–H groups in total. The van der Waals surface area contributed by atoms with Gasteiger partial charge in [-0.05, 0) is 29.7 Å². The number of aryl methyl sites for hydroxylation is 1. The Morgan fingerprint density at radius 2 is 1.62 bits per heavy atom. The summed E-state index contributed by atoms with van der Waals surface area (Å²) in [5.74, 6) is 0. The van der Waals surface area contributed by atoms with Crippen LogP contribution in [0, 0.1) is 0 Å². The summed E-state index contributed by atoms with van der Waals surface area (Å²) in [6.07, 6.45) is 0.965. The highest BCUT2D eigenvalue weighted by Crippen LogP contribution is 2.21. The summed E-state index contributed by atoms with van der Waals surface area (Å²) >= 11 is 5.85. The predicted octanol–water partition coefficient (Wildman–Crippen LogP) is 3.36. The Bertz CT molecular complexity index is 489. The lowest BCUT2D eigenvalue weighted by Gasteiger charge is -2.07. The molecule has 0 unspecified atom stereocenters. The second-order valence-electron chi connectivity index (χ2n) is 3.77. The summed E-state index contributed by atoms with van der Waals surface area (Å²) in [5.41, 5.74) is 4.32. The van der Waals surface area contributed by atoms with E-state index in [1.165, 1.54) is 5.56 Å². The molecule has 0 saturated carbocycles. The summed E-state index contributed by atoms with van der Waals surface area (Å²) in [7, 11) is 5.97. The van der Waals surface area contributed by atoms with Gasteiger partial charge in [0.25, 0.3) is 0 Å². The van der Waals surface area contributed by atoms with Gasteiger partial charge in [-0.15, -0.1) is 0 Å². The molecule has 2 rings (SSSR count). The van der Waals surface area contributed by atoms with Crippen LogP contribution in [0.15, 0.2) is 42.5 Å². The van der Waals surface area contributed by atoms with E-state index in [1.54, 1.807) is 0 Å². The van der Waals surface area contributed by atoms with Crippen molar-refractivity contribution in [3.63, 3.8) is 0 Å². The molecule has 0 amide bonds. The van der Waals surface area contributed by atoms with Crippen LogP contribution in [-0.2, 0) is 6.42 Å². The number of benzene rings is 2. The lowest BCUT2D eigenvalue weighted by Crippen LogP contribution is -2.09. The lowest BCUT2D eigenvalue weighted by atomic mass is 9.86. The molecular formula is C14H12BCl. The minimum Gasteiger partial charge on any atom is -0.0929 e. The van der Waals surface area contributed by atoms with Gasteiger partial charge in [0.15, 0.2) is 0 Å². The Balaban J connectivity index is 2.41. The quantitative estimate of drug-likeness (QED) is 0.689. The molecule has 2 heteroatoms. The molecule has 0 aliphatic carbocycles. The number of rotatable bonds is 2. The molecule has 0 spiro atoms. The molecule has 2 aromatic carbocycles. The fourth-order valence-corrected chi connectivity index (χ4v) is 1.86. The van der Waals surface area contributed by atoms with Crippen molar-refractivity contribution in [2.45, 2.75) is 13.3 Å². The van der Waals surface area contributed by atoms with E-state index in [4.69, 9.17) is 19.4 Å². The van der Waals surface area contributed by atoms with Crippen LogP contribution in [0.3, 0.4) is 0 Å². The first-order chi connectivity index (χ1) is 7.70. The SMILES string of the molecule is [B]c1cc(-c2ccc(Cl)cc2)ccc1CC. The molecule has 0 aliphatic heterocycles. The number of halogens is 1. The largest absolute Gasteiger partial charge is 0.114 e. The molecule has 16 heavy (non-hydrogen) atoms. The Labute approximate surface area is 103 Å². The van der Waals surface area contributed by atoms with Gasteiger partial charge in [-0.2, -0.15) is 0 Å². The van der Waals surface area contributed by atoms with Gasteiger partial charge >= 0.3 is 0 Å². The third-order valence-corrected chi connectivity index (χ3v) is 2.96. The fourth-order valence-electron chi connectivity index (χ4n) is 1.74. The minimum atomic E-state index is 0.752. The smallest absolute Gasteiger partial charge is 0.0929 e. The van der Waals surface area contributed by atoms with Gasteiger partial charge in [0.2, 0.25) is 0 Å². The van der Waals surface area contributed by atoms with Crippen molar-refractivity contribution in [3.05, 3.63) is 53.1 Å². The van der Waals surface area contributed by atoms with Gasteiger partial charge in [0.05, 0.1) is 0 Å². The molecule has 78 valence electrons. The highest BCUT2D eigenvalue weighted by molar-refractivity contribution is 6.33. The van der Waals surface area contributed by atoms with Crippen LogP contribution in [0.1, 0.15) is 12.5 Å². The molecule has 0 nitrogen and oxygen atoms in total. The van der Waals surface area contributed by atoms with Crippen LogP contribution >= 0.6 is 11.6 Å². The second-order valence-corrected chi connectivity index (χ2v) is 4.21. The van der Waals surface area contributed by atoms with E-state index in [1.807, 2.05) is 30.3 Å². The summed E-state index contributed by atoms with van der Waals surface area (Å²) in [6.45, 7) is 2.10. The maximum Gasteiger partial charge on any atom is 0.114 e. The van der Waals surface area contributed by atoms with E-state index in [-0.39, 0.29) is 0 Å². The zero-order chi connectivity index (χ0) is 11.5. The van der Waals surface area contributed by atoms with Gasteiger partial charge in [-0.25, -0.2) is 0 Å². The van der Waals surface area contributed by atoms with Crippen molar-refractivity contribution in [1.82, 2.24) is 0 Å². The molecule has 0 aliphatic rings. The minimum absolute atomic E-state index is 0.752. The first-order valence-corrected chi connectivity index (χ1v) is 5.73. The highest BCUT2D eigenvalue weighted by Gasteiger charge is 2.00.